The van der Waals surface area contributed by atoms with Gasteiger partial charge in [-0.3, -0.25) is 4.79 Å². The number of hydrogen-bond donors (Lipinski definition) is 2. The van der Waals surface area contributed by atoms with E-state index in [9.17, 15) is 4.79 Å². The molecule has 0 aliphatic heterocycles. The van der Waals surface area contributed by atoms with Crippen LogP contribution in [0.2, 0.25) is 0 Å². The summed E-state index contributed by atoms with van der Waals surface area (Å²) in [7, 11) is 3.73. The van der Waals surface area contributed by atoms with E-state index < -0.39 is 0 Å². The average molecular weight is 390 g/mol. The maximum Gasteiger partial charge on any atom is 0.287 e. The Labute approximate surface area is 173 Å². The zero-order valence-electron chi connectivity index (χ0n) is 17.5. The van der Waals surface area contributed by atoms with Gasteiger partial charge < -0.3 is 15.0 Å². The number of ether oxygens (including phenoxy) is 1. The van der Waals surface area contributed by atoms with Crippen LogP contribution < -0.4 is 15.0 Å². The minimum Gasteiger partial charge on any atom is -0.496 e. The number of hydrogen-bond acceptors (Lipinski definition) is 2. The lowest BCUT2D eigenvalue weighted by Gasteiger charge is -2.25. The van der Waals surface area contributed by atoms with Crippen LogP contribution in [0.25, 0.3) is 0 Å². The zero-order valence-corrected chi connectivity index (χ0v) is 17.5. The van der Waals surface area contributed by atoms with Crippen molar-refractivity contribution in [2.45, 2.75) is 26.4 Å². The number of carbonyl (C=O) groups is 1. The van der Waals surface area contributed by atoms with Crippen molar-refractivity contribution in [2.75, 3.05) is 19.5 Å². The molecule has 0 radical (unpaired) electrons. The Hall–Kier alpha value is -3.11. The zero-order chi connectivity index (χ0) is 20.8. The van der Waals surface area contributed by atoms with E-state index in [1.165, 1.54) is 0 Å². The molecule has 1 amide bonds. The largest absolute Gasteiger partial charge is 0.496 e. The standard InChI is InChI=1S/C25H28N2O2/c1-18-14-15-19(2)22(16-18)26-25(28)24(20-10-6-5-7-11-20)27(3)17-21-12-8-9-13-23(21)29-4/h5-16,24H,17H2,1-4H3,(H,26,28)/p+1/t24-/m1/s1. The second kappa shape index (κ2) is 9.39. The third-order valence-electron chi connectivity index (χ3n) is 5.20. The third kappa shape index (κ3) is 5.04. The smallest absolute Gasteiger partial charge is 0.287 e. The van der Waals surface area contributed by atoms with Crippen molar-refractivity contribution < 1.29 is 14.4 Å². The molecule has 0 aromatic heterocycles. The number of carbonyl (C=O) groups excluding carboxylic acids is 1. The molecular formula is C25H29N2O2+. The lowest BCUT2D eigenvalue weighted by Crippen LogP contribution is -3.09. The molecule has 0 saturated heterocycles. The molecule has 4 nitrogen and oxygen atoms in total. The molecule has 0 bridgehead atoms. The molecule has 29 heavy (non-hydrogen) atoms. The molecule has 4 heteroatoms. The number of benzene rings is 3. The van der Waals surface area contributed by atoms with Gasteiger partial charge in [-0.05, 0) is 43.2 Å². The number of likely N-dealkylation sites (N-methyl/N-ethyl adjacent to an activating group) is 1. The van der Waals surface area contributed by atoms with E-state index in [0.29, 0.717) is 6.54 Å². The monoisotopic (exact) mass is 389 g/mol. The van der Waals surface area contributed by atoms with E-state index in [0.717, 1.165) is 38.6 Å². The molecule has 0 saturated carbocycles. The Kier molecular flexibility index (Phi) is 6.68. The number of aryl methyl sites for hydroxylation is 2. The number of anilines is 1. The number of nitrogens with one attached hydrogen (secondary N) is 2. The first kappa shape index (κ1) is 20.6. The van der Waals surface area contributed by atoms with E-state index in [-0.39, 0.29) is 11.9 Å². The first-order valence-electron chi connectivity index (χ1n) is 9.87. The molecule has 0 aliphatic carbocycles. The summed E-state index contributed by atoms with van der Waals surface area (Å²) in [5, 5.41) is 3.15. The minimum atomic E-state index is -0.346. The van der Waals surface area contributed by atoms with Crippen molar-refractivity contribution in [3.63, 3.8) is 0 Å². The number of amides is 1. The van der Waals surface area contributed by atoms with Crippen LogP contribution in [0, 0.1) is 13.8 Å². The highest BCUT2D eigenvalue weighted by atomic mass is 16.5. The molecule has 3 aromatic rings. The van der Waals surface area contributed by atoms with Crippen LogP contribution in [0.15, 0.2) is 72.8 Å². The van der Waals surface area contributed by atoms with Gasteiger partial charge in [0.2, 0.25) is 0 Å². The summed E-state index contributed by atoms with van der Waals surface area (Å²) in [5.74, 6) is 0.825. The normalized spacial score (nSPS) is 12.8. The van der Waals surface area contributed by atoms with E-state index in [1.807, 2.05) is 87.6 Å². The molecular weight excluding hydrogens is 360 g/mol. The number of methoxy groups -OCH3 is 1. The molecule has 150 valence electrons. The van der Waals surface area contributed by atoms with Crippen molar-refractivity contribution >= 4 is 11.6 Å². The van der Waals surface area contributed by atoms with Crippen molar-refractivity contribution in [1.29, 1.82) is 0 Å². The van der Waals surface area contributed by atoms with Gasteiger partial charge in [-0.2, -0.15) is 0 Å². The highest BCUT2D eigenvalue weighted by molar-refractivity contribution is 5.95. The fourth-order valence-corrected chi connectivity index (χ4v) is 3.63. The Morgan fingerprint density at radius 2 is 1.69 bits per heavy atom. The first-order valence-corrected chi connectivity index (χ1v) is 9.87. The number of quaternary nitrogens is 1. The summed E-state index contributed by atoms with van der Waals surface area (Å²) >= 11 is 0. The average Bonchev–Trinajstić information content (AvgIpc) is 2.72. The summed E-state index contributed by atoms with van der Waals surface area (Å²) in [6, 6.07) is 23.7. The highest BCUT2D eigenvalue weighted by Crippen LogP contribution is 2.20. The topological polar surface area (TPSA) is 42.8 Å². The van der Waals surface area contributed by atoms with E-state index in [1.54, 1.807) is 7.11 Å². The van der Waals surface area contributed by atoms with Crippen molar-refractivity contribution in [3.05, 3.63) is 95.1 Å². The Balaban J connectivity index is 1.90. The van der Waals surface area contributed by atoms with Crippen LogP contribution in [0.4, 0.5) is 5.69 Å². The fraction of sp³-hybridized carbons (Fsp3) is 0.240. The molecule has 1 unspecified atom stereocenters. The van der Waals surface area contributed by atoms with Crippen molar-refractivity contribution in [2.24, 2.45) is 0 Å². The van der Waals surface area contributed by atoms with Crippen LogP contribution in [0.3, 0.4) is 0 Å². The maximum absolute atomic E-state index is 13.4. The molecule has 3 rings (SSSR count). The van der Waals surface area contributed by atoms with Gasteiger partial charge in [0, 0.05) is 16.8 Å². The third-order valence-corrected chi connectivity index (χ3v) is 5.20. The minimum absolute atomic E-state index is 0.0164. The van der Waals surface area contributed by atoms with Crippen LogP contribution >= 0.6 is 0 Å². The highest BCUT2D eigenvalue weighted by Gasteiger charge is 2.30. The number of para-hydroxylation sites is 1. The van der Waals surface area contributed by atoms with Crippen molar-refractivity contribution in [1.82, 2.24) is 0 Å². The predicted octanol–water partition coefficient (Wildman–Crippen LogP) is 3.71. The summed E-state index contributed by atoms with van der Waals surface area (Å²) in [6.07, 6.45) is 0. The van der Waals surface area contributed by atoms with E-state index in [2.05, 4.69) is 11.4 Å². The summed E-state index contributed by atoms with van der Waals surface area (Å²) in [5.41, 5.74) is 5.10. The fourth-order valence-electron chi connectivity index (χ4n) is 3.63. The molecule has 0 fully saturated rings. The second-order valence-corrected chi connectivity index (χ2v) is 7.49. The summed E-state index contributed by atoms with van der Waals surface area (Å²) < 4.78 is 5.50. The Morgan fingerprint density at radius 1 is 1.00 bits per heavy atom. The van der Waals surface area contributed by atoms with Gasteiger partial charge in [0.05, 0.1) is 14.2 Å². The quantitative estimate of drug-likeness (QED) is 0.647. The SMILES string of the molecule is COc1ccccc1C[NH+](C)[C@@H](C(=O)Nc1cc(C)ccc1C)c1ccccc1. The lowest BCUT2D eigenvalue weighted by molar-refractivity contribution is -0.915. The van der Waals surface area contributed by atoms with Gasteiger partial charge in [-0.1, -0.05) is 54.6 Å². The van der Waals surface area contributed by atoms with Crippen molar-refractivity contribution in [3.8, 4) is 5.75 Å². The molecule has 0 aliphatic rings. The maximum atomic E-state index is 13.4. The van der Waals surface area contributed by atoms with Crippen LogP contribution in [-0.2, 0) is 11.3 Å². The molecule has 0 spiro atoms. The van der Waals surface area contributed by atoms with Gasteiger partial charge in [-0.15, -0.1) is 0 Å². The van der Waals surface area contributed by atoms with E-state index >= 15 is 0 Å². The van der Waals surface area contributed by atoms with Gasteiger partial charge in [0.1, 0.15) is 12.3 Å². The Morgan fingerprint density at radius 3 is 2.41 bits per heavy atom. The summed E-state index contributed by atoms with van der Waals surface area (Å²) in [6.45, 7) is 4.71. The molecule has 2 N–H and O–H groups in total. The van der Waals surface area contributed by atoms with Crippen LogP contribution in [0.1, 0.15) is 28.3 Å². The summed E-state index contributed by atoms with van der Waals surface area (Å²) in [4.78, 5) is 14.5. The van der Waals surface area contributed by atoms with Crippen LogP contribution in [0.5, 0.6) is 5.75 Å². The Bertz CT molecular complexity index is 970. The van der Waals surface area contributed by atoms with Gasteiger partial charge >= 0.3 is 0 Å². The predicted molar refractivity (Wildman–Crippen MR) is 117 cm³/mol. The lowest BCUT2D eigenvalue weighted by atomic mass is 10.0. The molecule has 3 aromatic carbocycles. The van der Waals surface area contributed by atoms with Crippen LogP contribution in [-0.4, -0.2) is 20.1 Å². The second-order valence-electron chi connectivity index (χ2n) is 7.49. The van der Waals surface area contributed by atoms with Gasteiger partial charge in [-0.25, -0.2) is 0 Å². The van der Waals surface area contributed by atoms with Gasteiger partial charge in [0.25, 0.3) is 5.91 Å². The molecule has 2 atom stereocenters. The molecule has 0 heterocycles. The number of rotatable bonds is 7. The van der Waals surface area contributed by atoms with Gasteiger partial charge in [0.15, 0.2) is 6.04 Å². The van der Waals surface area contributed by atoms with E-state index in [4.69, 9.17) is 4.74 Å². The first-order chi connectivity index (χ1) is 14.0.